The predicted molar refractivity (Wildman–Crippen MR) is 129 cm³/mol. The number of hydrogen-bond acceptors (Lipinski definition) is 5. The number of benzene rings is 3. The number of nitriles is 1. The second-order valence-corrected chi connectivity index (χ2v) is 8.50. The number of thiazole rings is 1. The SMILES string of the molecule is N#Cc1ccc(-c2csc(NC(=O)c3ccc(NC(=O)c4cccc(Br)c4)cc3)n2)cc1. The molecule has 3 aromatic carbocycles. The van der Waals surface area contributed by atoms with Gasteiger partial charge in [0.2, 0.25) is 0 Å². The number of aromatic nitrogens is 1. The van der Waals surface area contributed by atoms with Gasteiger partial charge < -0.3 is 5.32 Å². The number of carbonyl (C=O) groups is 2. The van der Waals surface area contributed by atoms with Gasteiger partial charge in [0.1, 0.15) is 0 Å². The monoisotopic (exact) mass is 502 g/mol. The number of halogens is 1. The summed E-state index contributed by atoms with van der Waals surface area (Å²) in [6, 6.07) is 22.9. The van der Waals surface area contributed by atoms with Crippen molar-refractivity contribution in [3.8, 4) is 17.3 Å². The minimum Gasteiger partial charge on any atom is -0.322 e. The molecule has 0 saturated heterocycles. The Hall–Kier alpha value is -3.80. The molecule has 0 aliphatic heterocycles. The van der Waals surface area contributed by atoms with Crippen molar-refractivity contribution in [1.82, 2.24) is 4.98 Å². The summed E-state index contributed by atoms with van der Waals surface area (Å²) in [7, 11) is 0. The lowest BCUT2D eigenvalue weighted by molar-refractivity contribution is 0.102. The zero-order valence-electron chi connectivity index (χ0n) is 16.5. The van der Waals surface area contributed by atoms with E-state index in [1.54, 1.807) is 54.6 Å². The quantitative estimate of drug-likeness (QED) is 0.352. The van der Waals surface area contributed by atoms with Crippen molar-refractivity contribution in [2.75, 3.05) is 10.6 Å². The summed E-state index contributed by atoms with van der Waals surface area (Å²) in [5, 5.41) is 16.8. The van der Waals surface area contributed by atoms with Crippen molar-refractivity contribution in [2.45, 2.75) is 0 Å². The Morgan fingerprint density at radius 3 is 2.31 bits per heavy atom. The molecule has 0 atom stereocenters. The van der Waals surface area contributed by atoms with E-state index in [1.165, 1.54) is 11.3 Å². The Labute approximate surface area is 196 Å². The van der Waals surface area contributed by atoms with Gasteiger partial charge >= 0.3 is 0 Å². The van der Waals surface area contributed by atoms with Crippen LogP contribution in [0.25, 0.3) is 11.3 Å². The van der Waals surface area contributed by atoms with Crippen molar-refractivity contribution < 1.29 is 9.59 Å². The Balaban J connectivity index is 1.39. The van der Waals surface area contributed by atoms with Gasteiger partial charge in [0.25, 0.3) is 11.8 Å². The first-order valence-electron chi connectivity index (χ1n) is 9.46. The molecule has 0 unspecified atom stereocenters. The molecule has 8 heteroatoms. The maximum absolute atomic E-state index is 12.6. The molecule has 0 spiro atoms. The van der Waals surface area contributed by atoms with E-state index in [4.69, 9.17) is 5.26 Å². The predicted octanol–water partition coefficient (Wildman–Crippen LogP) is 5.95. The number of amides is 2. The normalized spacial score (nSPS) is 10.2. The van der Waals surface area contributed by atoms with Gasteiger partial charge in [-0.1, -0.05) is 34.1 Å². The zero-order chi connectivity index (χ0) is 22.5. The van der Waals surface area contributed by atoms with Crippen LogP contribution in [0.5, 0.6) is 0 Å². The molecule has 4 aromatic rings. The fourth-order valence-corrected chi connectivity index (χ4v) is 4.00. The van der Waals surface area contributed by atoms with Crippen LogP contribution in [-0.2, 0) is 0 Å². The average Bonchev–Trinajstić information content (AvgIpc) is 3.28. The molecule has 0 radical (unpaired) electrons. The lowest BCUT2D eigenvalue weighted by Gasteiger charge is -2.07. The maximum atomic E-state index is 12.6. The zero-order valence-corrected chi connectivity index (χ0v) is 18.9. The molecular weight excluding hydrogens is 488 g/mol. The standard InChI is InChI=1S/C24H15BrN4O2S/c25-19-3-1-2-18(12-19)23(31)27-20-10-8-17(9-11-20)22(30)29-24-28-21(14-32-24)16-6-4-15(13-26)5-7-16/h1-12,14H,(H,27,31)(H,28,29,30). The van der Waals surface area contributed by atoms with Gasteiger partial charge in [0, 0.05) is 32.2 Å². The summed E-state index contributed by atoms with van der Waals surface area (Å²) >= 11 is 4.67. The second-order valence-electron chi connectivity index (χ2n) is 6.72. The highest BCUT2D eigenvalue weighted by molar-refractivity contribution is 9.10. The molecule has 1 heterocycles. The van der Waals surface area contributed by atoms with Crippen LogP contribution in [0.1, 0.15) is 26.3 Å². The van der Waals surface area contributed by atoms with Gasteiger partial charge in [-0.05, 0) is 54.6 Å². The molecule has 1 aromatic heterocycles. The molecule has 156 valence electrons. The van der Waals surface area contributed by atoms with Gasteiger partial charge in [-0.2, -0.15) is 5.26 Å². The van der Waals surface area contributed by atoms with Crippen LogP contribution in [0.15, 0.2) is 82.6 Å². The van der Waals surface area contributed by atoms with Crippen LogP contribution in [0.2, 0.25) is 0 Å². The average molecular weight is 503 g/mol. The third kappa shape index (κ3) is 5.09. The molecule has 2 amide bonds. The van der Waals surface area contributed by atoms with Crippen LogP contribution >= 0.6 is 27.3 Å². The Kier molecular flexibility index (Phi) is 6.40. The summed E-state index contributed by atoms with van der Waals surface area (Å²) < 4.78 is 0.821. The minimum absolute atomic E-state index is 0.235. The lowest BCUT2D eigenvalue weighted by Crippen LogP contribution is -2.13. The molecule has 0 aliphatic rings. The number of nitrogens with zero attached hydrogens (tertiary/aromatic N) is 2. The van der Waals surface area contributed by atoms with Crippen LogP contribution in [0, 0.1) is 11.3 Å². The van der Waals surface area contributed by atoms with E-state index in [0.29, 0.717) is 27.5 Å². The first kappa shape index (κ1) is 21.4. The van der Waals surface area contributed by atoms with Crippen molar-refractivity contribution >= 4 is 49.9 Å². The van der Waals surface area contributed by atoms with Crippen molar-refractivity contribution in [3.63, 3.8) is 0 Å². The fraction of sp³-hybridized carbons (Fsp3) is 0. The van der Waals surface area contributed by atoms with E-state index in [0.717, 1.165) is 15.7 Å². The number of anilines is 2. The van der Waals surface area contributed by atoms with Gasteiger partial charge in [-0.25, -0.2) is 4.98 Å². The molecule has 2 N–H and O–H groups in total. The molecule has 4 rings (SSSR count). The summed E-state index contributed by atoms with van der Waals surface area (Å²) in [5.74, 6) is -0.530. The highest BCUT2D eigenvalue weighted by atomic mass is 79.9. The summed E-state index contributed by atoms with van der Waals surface area (Å²) in [4.78, 5) is 29.4. The molecule has 0 aliphatic carbocycles. The number of carbonyl (C=O) groups excluding carboxylic acids is 2. The van der Waals surface area contributed by atoms with E-state index >= 15 is 0 Å². The Morgan fingerprint density at radius 1 is 0.906 bits per heavy atom. The topological polar surface area (TPSA) is 94.9 Å². The van der Waals surface area contributed by atoms with Crippen molar-refractivity contribution in [2.24, 2.45) is 0 Å². The second kappa shape index (κ2) is 9.56. The lowest BCUT2D eigenvalue weighted by atomic mass is 10.1. The van der Waals surface area contributed by atoms with Crippen LogP contribution in [0.4, 0.5) is 10.8 Å². The first-order valence-corrected chi connectivity index (χ1v) is 11.1. The third-order valence-corrected chi connectivity index (χ3v) is 5.78. The van der Waals surface area contributed by atoms with E-state index in [1.807, 2.05) is 23.6 Å². The van der Waals surface area contributed by atoms with E-state index in [-0.39, 0.29) is 11.8 Å². The number of nitrogens with one attached hydrogen (secondary N) is 2. The number of hydrogen-bond donors (Lipinski definition) is 2. The van der Waals surface area contributed by atoms with Crippen molar-refractivity contribution in [3.05, 3.63) is 99.3 Å². The smallest absolute Gasteiger partial charge is 0.257 e. The summed E-state index contributed by atoms with van der Waals surface area (Å²) in [6.45, 7) is 0. The van der Waals surface area contributed by atoms with Crippen LogP contribution < -0.4 is 10.6 Å². The van der Waals surface area contributed by atoms with E-state index in [9.17, 15) is 9.59 Å². The summed E-state index contributed by atoms with van der Waals surface area (Å²) in [6.07, 6.45) is 0. The van der Waals surface area contributed by atoms with Crippen molar-refractivity contribution in [1.29, 1.82) is 5.26 Å². The summed E-state index contributed by atoms with van der Waals surface area (Å²) in [5.41, 5.74) is 3.73. The highest BCUT2D eigenvalue weighted by Gasteiger charge is 2.11. The molecule has 0 fully saturated rings. The highest BCUT2D eigenvalue weighted by Crippen LogP contribution is 2.25. The first-order chi connectivity index (χ1) is 15.5. The number of rotatable bonds is 5. The molecule has 0 bridgehead atoms. The molecule has 6 nitrogen and oxygen atoms in total. The fourth-order valence-electron chi connectivity index (χ4n) is 2.89. The van der Waals surface area contributed by atoms with E-state index < -0.39 is 0 Å². The maximum Gasteiger partial charge on any atom is 0.257 e. The van der Waals surface area contributed by atoms with E-state index in [2.05, 4.69) is 37.6 Å². The Morgan fingerprint density at radius 2 is 1.62 bits per heavy atom. The van der Waals surface area contributed by atoms with Crippen LogP contribution in [0.3, 0.4) is 0 Å². The third-order valence-electron chi connectivity index (χ3n) is 4.53. The van der Waals surface area contributed by atoms with Crippen LogP contribution in [-0.4, -0.2) is 16.8 Å². The van der Waals surface area contributed by atoms with Gasteiger partial charge in [0.15, 0.2) is 5.13 Å². The van der Waals surface area contributed by atoms with Gasteiger partial charge in [-0.3, -0.25) is 14.9 Å². The molecule has 0 saturated carbocycles. The minimum atomic E-state index is -0.296. The molecule has 32 heavy (non-hydrogen) atoms. The largest absolute Gasteiger partial charge is 0.322 e. The van der Waals surface area contributed by atoms with Gasteiger partial charge in [-0.15, -0.1) is 11.3 Å². The molecular formula is C24H15BrN4O2S. The Bertz CT molecular complexity index is 1330. The van der Waals surface area contributed by atoms with Gasteiger partial charge in [0.05, 0.1) is 17.3 Å².